The standard InChI is InChI=1S/C23H27BN2O/c1-3-7-18-16-19-8-4-5-9-20(19)22(23-21(18)10-6-13-25-23)17-11-14-26(15-12-17)24(2)27/h3-10,13,16-17,22,27H,11-12,14-15H2,1-2H3. The predicted octanol–water partition coefficient (Wildman–Crippen LogP) is 4.47. The molecule has 1 saturated heterocycles. The van der Waals surface area contributed by atoms with E-state index in [1.165, 1.54) is 28.0 Å². The van der Waals surface area contributed by atoms with Crippen molar-refractivity contribution >= 4 is 18.7 Å². The van der Waals surface area contributed by atoms with Crippen LogP contribution in [0.2, 0.25) is 6.82 Å². The summed E-state index contributed by atoms with van der Waals surface area (Å²) in [5, 5.41) is 9.93. The molecule has 0 spiro atoms. The number of hydrogen-bond acceptors (Lipinski definition) is 3. The highest BCUT2D eigenvalue weighted by Gasteiger charge is 2.34. The van der Waals surface area contributed by atoms with Gasteiger partial charge in [0.1, 0.15) is 0 Å². The second-order valence-electron chi connectivity index (χ2n) is 7.65. The summed E-state index contributed by atoms with van der Waals surface area (Å²) < 4.78 is 0. The van der Waals surface area contributed by atoms with Crippen molar-refractivity contribution < 1.29 is 5.02 Å². The smallest absolute Gasteiger partial charge is 0.376 e. The van der Waals surface area contributed by atoms with E-state index in [1.54, 1.807) is 0 Å². The van der Waals surface area contributed by atoms with Gasteiger partial charge in [0.15, 0.2) is 0 Å². The Morgan fingerprint density at radius 1 is 1.15 bits per heavy atom. The minimum Gasteiger partial charge on any atom is -0.437 e. The van der Waals surface area contributed by atoms with Crippen LogP contribution in [-0.4, -0.2) is 35.0 Å². The average Bonchev–Trinajstić information content (AvgIpc) is 2.83. The van der Waals surface area contributed by atoms with Gasteiger partial charge in [-0.15, -0.1) is 0 Å². The maximum absolute atomic E-state index is 9.93. The molecule has 0 amide bonds. The molecule has 1 aromatic carbocycles. The largest absolute Gasteiger partial charge is 0.437 e. The molecule has 0 bridgehead atoms. The third-order valence-electron chi connectivity index (χ3n) is 6.01. The van der Waals surface area contributed by atoms with Gasteiger partial charge in [-0.05, 0) is 74.4 Å². The van der Waals surface area contributed by atoms with E-state index < -0.39 is 0 Å². The van der Waals surface area contributed by atoms with E-state index in [9.17, 15) is 5.02 Å². The lowest BCUT2D eigenvalue weighted by Gasteiger charge is -2.37. The van der Waals surface area contributed by atoms with Gasteiger partial charge in [-0.25, -0.2) is 0 Å². The summed E-state index contributed by atoms with van der Waals surface area (Å²) in [6, 6.07) is 13.0. The van der Waals surface area contributed by atoms with E-state index >= 15 is 0 Å². The van der Waals surface area contributed by atoms with Crippen molar-refractivity contribution in [3.05, 3.63) is 77.1 Å². The number of fused-ring (bicyclic) bond motifs is 2. The van der Waals surface area contributed by atoms with Crippen molar-refractivity contribution in [3.8, 4) is 0 Å². The van der Waals surface area contributed by atoms with Crippen LogP contribution in [0.1, 0.15) is 48.1 Å². The Bertz CT molecular complexity index is 866. The molecule has 1 unspecified atom stereocenters. The molecule has 0 radical (unpaired) electrons. The first-order valence-corrected chi connectivity index (χ1v) is 9.99. The quantitative estimate of drug-likeness (QED) is 0.823. The number of nitrogens with zero attached hydrogens (tertiary/aromatic N) is 2. The normalized spacial score (nSPS) is 20.7. The van der Waals surface area contributed by atoms with Crippen molar-refractivity contribution in [2.75, 3.05) is 13.1 Å². The van der Waals surface area contributed by atoms with E-state index in [0.29, 0.717) is 11.8 Å². The van der Waals surface area contributed by atoms with Crippen molar-refractivity contribution in [1.29, 1.82) is 0 Å². The van der Waals surface area contributed by atoms with Gasteiger partial charge in [0.05, 0.1) is 5.69 Å². The van der Waals surface area contributed by atoms with Crippen molar-refractivity contribution in [1.82, 2.24) is 9.79 Å². The van der Waals surface area contributed by atoms with Gasteiger partial charge in [0.2, 0.25) is 0 Å². The van der Waals surface area contributed by atoms with E-state index in [-0.39, 0.29) is 7.05 Å². The zero-order valence-corrected chi connectivity index (χ0v) is 16.2. The van der Waals surface area contributed by atoms with Crippen LogP contribution in [0, 0.1) is 5.92 Å². The van der Waals surface area contributed by atoms with Gasteiger partial charge in [-0.3, -0.25) is 4.98 Å². The maximum Gasteiger partial charge on any atom is 0.376 e. The first-order chi connectivity index (χ1) is 13.2. The van der Waals surface area contributed by atoms with Crippen LogP contribution in [0.4, 0.5) is 0 Å². The van der Waals surface area contributed by atoms with Crippen LogP contribution >= 0.6 is 0 Å². The summed E-state index contributed by atoms with van der Waals surface area (Å²) in [4.78, 5) is 7.05. The Balaban J connectivity index is 1.80. The van der Waals surface area contributed by atoms with Gasteiger partial charge in [0.25, 0.3) is 0 Å². The molecule has 1 atom stereocenters. The summed E-state index contributed by atoms with van der Waals surface area (Å²) >= 11 is 0. The Hall–Kier alpha value is -2.17. The third kappa shape index (κ3) is 3.52. The maximum atomic E-state index is 9.93. The minimum absolute atomic E-state index is 0.299. The summed E-state index contributed by atoms with van der Waals surface area (Å²) in [7, 11) is -0.360. The van der Waals surface area contributed by atoms with E-state index in [2.05, 4.69) is 60.3 Å². The van der Waals surface area contributed by atoms with Crippen LogP contribution in [0.3, 0.4) is 0 Å². The molecule has 2 aliphatic rings. The van der Waals surface area contributed by atoms with Crippen LogP contribution in [-0.2, 0) is 0 Å². The van der Waals surface area contributed by atoms with Gasteiger partial charge in [0, 0.05) is 17.7 Å². The number of pyridine rings is 1. The number of aromatic nitrogens is 1. The van der Waals surface area contributed by atoms with Crippen LogP contribution in [0.5, 0.6) is 0 Å². The van der Waals surface area contributed by atoms with Gasteiger partial charge >= 0.3 is 7.05 Å². The number of piperidine rings is 1. The van der Waals surface area contributed by atoms with Crippen LogP contribution < -0.4 is 0 Å². The second-order valence-corrected chi connectivity index (χ2v) is 7.65. The van der Waals surface area contributed by atoms with E-state index in [4.69, 9.17) is 4.98 Å². The number of benzene rings is 1. The molecular weight excluding hydrogens is 331 g/mol. The molecule has 27 heavy (non-hydrogen) atoms. The average molecular weight is 358 g/mol. The molecule has 1 aromatic heterocycles. The highest BCUT2D eigenvalue weighted by atomic mass is 16.2. The number of rotatable bonds is 3. The highest BCUT2D eigenvalue weighted by Crippen LogP contribution is 2.44. The fourth-order valence-corrected chi connectivity index (χ4v) is 4.65. The molecule has 3 nitrogen and oxygen atoms in total. The Morgan fingerprint density at radius 3 is 2.67 bits per heavy atom. The molecule has 1 aliphatic carbocycles. The summed E-state index contributed by atoms with van der Waals surface area (Å²) in [6.07, 6.45) is 10.7. The van der Waals surface area contributed by atoms with Gasteiger partial charge < -0.3 is 9.83 Å². The zero-order valence-electron chi connectivity index (χ0n) is 16.2. The molecule has 4 rings (SSSR count). The van der Waals surface area contributed by atoms with Gasteiger partial charge in [-0.1, -0.05) is 42.5 Å². The van der Waals surface area contributed by atoms with Gasteiger partial charge in [-0.2, -0.15) is 0 Å². The molecular formula is C23H27BN2O. The molecule has 2 aromatic rings. The number of hydrogen-bond donors (Lipinski definition) is 1. The molecule has 138 valence electrons. The zero-order chi connectivity index (χ0) is 18.8. The van der Waals surface area contributed by atoms with E-state index in [0.717, 1.165) is 25.9 Å². The minimum atomic E-state index is -0.360. The number of allylic oxidation sites excluding steroid dienone is 3. The lowest BCUT2D eigenvalue weighted by Crippen LogP contribution is -2.44. The molecule has 4 heteroatoms. The summed E-state index contributed by atoms with van der Waals surface area (Å²) in [5.41, 5.74) is 6.35. The Labute approximate surface area is 162 Å². The Morgan fingerprint density at radius 2 is 1.93 bits per heavy atom. The predicted molar refractivity (Wildman–Crippen MR) is 113 cm³/mol. The SMILES string of the molecule is CC=CC1=Cc2ccccc2C(C2CCN(B(C)O)CC2)c2ncccc21. The third-order valence-corrected chi connectivity index (χ3v) is 6.01. The Kier molecular flexibility index (Phi) is 5.28. The van der Waals surface area contributed by atoms with Crippen LogP contribution in [0.25, 0.3) is 11.6 Å². The molecule has 2 heterocycles. The molecule has 1 fully saturated rings. The van der Waals surface area contributed by atoms with Crippen molar-refractivity contribution in [3.63, 3.8) is 0 Å². The molecule has 0 saturated carbocycles. The molecule has 1 aliphatic heterocycles. The second kappa shape index (κ2) is 7.83. The highest BCUT2D eigenvalue weighted by molar-refractivity contribution is 6.45. The summed E-state index contributed by atoms with van der Waals surface area (Å²) in [6.45, 7) is 5.82. The topological polar surface area (TPSA) is 36.4 Å². The first kappa shape index (κ1) is 18.2. The molecule has 1 N–H and O–H groups in total. The lowest BCUT2D eigenvalue weighted by atomic mass is 9.73. The van der Waals surface area contributed by atoms with Crippen LogP contribution in [0.15, 0.2) is 54.7 Å². The van der Waals surface area contributed by atoms with E-state index in [1.807, 2.05) is 19.1 Å². The first-order valence-electron chi connectivity index (χ1n) is 9.99. The lowest BCUT2D eigenvalue weighted by molar-refractivity contribution is 0.235. The monoisotopic (exact) mass is 358 g/mol. The fourth-order valence-electron chi connectivity index (χ4n) is 4.65. The van der Waals surface area contributed by atoms with Crippen molar-refractivity contribution in [2.45, 2.75) is 32.5 Å². The van der Waals surface area contributed by atoms with Crippen molar-refractivity contribution in [2.24, 2.45) is 5.92 Å². The fraction of sp³-hybridized carbons (Fsp3) is 0.348. The summed E-state index contributed by atoms with van der Waals surface area (Å²) in [5.74, 6) is 0.834.